The predicted octanol–water partition coefficient (Wildman–Crippen LogP) is 1.53. The van der Waals surface area contributed by atoms with Crippen LogP contribution in [0.3, 0.4) is 0 Å². The van der Waals surface area contributed by atoms with E-state index in [0.717, 1.165) is 25.7 Å². The van der Waals surface area contributed by atoms with Crippen molar-refractivity contribution in [3.8, 4) is 0 Å². The first-order valence-corrected chi connectivity index (χ1v) is 6.03. The molecular formula is C14H17NO3. The van der Waals surface area contributed by atoms with Crippen LogP contribution in [0.2, 0.25) is 0 Å². The van der Waals surface area contributed by atoms with Crippen molar-refractivity contribution in [3.63, 3.8) is 0 Å². The number of carbonyl (C=O) groups is 1. The largest absolute Gasteiger partial charge is 0.478 e. The van der Waals surface area contributed by atoms with Gasteiger partial charge in [0.1, 0.15) is 0 Å². The van der Waals surface area contributed by atoms with Crippen LogP contribution in [0.15, 0.2) is 42.5 Å². The number of carboxylic acid groups (broad SMARTS) is 1. The van der Waals surface area contributed by atoms with E-state index in [0.29, 0.717) is 6.61 Å². The van der Waals surface area contributed by atoms with E-state index in [1.165, 1.54) is 5.56 Å². The monoisotopic (exact) mass is 247 g/mol. The zero-order valence-corrected chi connectivity index (χ0v) is 10.2. The highest BCUT2D eigenvalue weighted by atomic mass is 16.5. The Hall–Kier alpha value is -1.65. The fraction of sp³-hybridized carbons (Fsp3) is 0.357. The van der Waals surface area contributed by atoms with Crippen LogP contribution in [-0.2, 0) is 16.1 Å². The second-order valence-corrected chi connectivity index (χ2v) is 4.33. The number of rotatable bonds is 4. The van der Waals surface area contributed by atoms with Crippen LogP contribution in [0.1, 0.15) is 5.56 Å². The van der Waals surface area contributed by atoms with Gasteiger partial charge in [-0.15, -0.1) is 0 Å². The first-order chi connectivity index (χ1) is 8.74. The van der Waals surface area contributed by atoms with Crippen molar-refractivity contribution in [1.29, 1.82) is 0 Å². The molecule has 1 aromatic carbocycles. The number of morpholine rings is 1. The lowest BCUT2D eigenvalue weighted by atomic mass is 10.2. The molecule has 1 aromatic rings. The SMILES string of the molecule is O=C(O)/C=C/C1CN(Cc2ccccc2)CCO1. The van der Waals surface area contributed by atoms with Gasteiger partial charge in [0.25, 0.3) is 0 Å². The predicted molar refractivity (Wildman–Crippen MR) is 68.2 cm³/mol. The summed E-state index contributed by atoms with van der Waals surface area (Å²) < 4.78 is 5.50. The lowest BCUT2D eigenvalue weighted by Crippen LogP contribution is -2.41. The molecule has 0 saturated carbocycles. The zero-order valence-electron chi connectivity index (χ0n) is 10.2. The Morgan fingerprint density at radius 2 is 2.22 bits per heavy atom. The van der Waals surface area contributed by atoms with E-state index in [2.05, 4.69) is 17.0 Å². The Bertz CT molecular complexity index is 416. The molecule has 1 saturated heterocycles. The summed E-state index contributed by atoms with van der Waals surface area (Å²) >= 11 is 0. The number of aliphatic carboxylic acids is 1. The van der Waals surface area contributed by atoms with Crippen LogP contribution in [0.25, 0.3) is 0 Å². The normalized spacial score (nSPS) is 21.2. The molecule has 0 aromatic heterocycles. The van der Waals surface area contributed by atoms with Crippen molar-refractivity contribution < 1.29 is 14.6 Å². The molecule has 0 bridgehead atoms. The molecule has 18 heavy (non-hydrogen) atoms. The molecule has 4 heteroatoms. The van der Waals surface area contributed by atoms with Crippen LogP contribution >= 0.6 is 0 Å². The minimum atomic E-state index is -0.932. The molecular weight excluding hydrogens is 230 g/mol. The molecule has 0 spiro atoms. The van der Waals surface area contributed by atoms with E-state index in [1.807, 2.05) is 18.2 Å². The lowest BCUT2D eigenvalue weighted by Gasteiger charge is -2.31. The lowest BCUT2D eigenvalue weighted by molar-refractivity contribution is -0.131. The number of hydrogen-bond acceptors (Lipinski definition) is 3. The first kappa shape index (κ1) is 12.8. The third-order valence-electron chi connectivity index (χ3n) is 2.88. The Labute approximate surface area is 106 Å². The van der Waals surface area contributed by atoms with Gasteiger partial charge in [0.15, 0.2) is 0 Å². The van der Waals surface area contributed by atoms with E-state index >= 15 is 0 Å². The molecule has 96 valence electrons. The van der Waals surface area contributed by atoms with E-state index < -0.39 is 5.97 Å². The first-order valence-electron chi connectivity index (χ1n) is 6.03. The van der Waals surface area contributed by atoms with Gasteiger partial charge in [0.05, 0.1) is 12.7 Å². The molecule has 4 nitrogen and oxygen atoms in total. The minimum absolute atomic E-state index is 0.126. The van der Waals surface area contributed by atoms with E-state index in [1.54, 1.807) is 6.08 Å². The van der Waals surface area contributed by atoms with Gasteiger partial charge in [-0.2, -0.15) is 0 Å². The average molecular weight is 247 g/mol. The van der Waals surface area contributed by atoms with Gasteiger partial charge in [-0.05, 0) is 11.6 Å². The Morgan fingerprint density at radius 1 is 1.44 bits per heavy atom. The molecule has 1 aliphatic heterocycles. The summed E-state index contributed by atoms with van der Waals surface area (Å²) in [6.07, 6.45) is 2.63. The van der Waals surface area contributed by atoms with Gasteiger partial charge in [-0.1, -0.05) is 30.3 Å². The molecule has 2 rings (SSSR count). The van der Waals surface area contributed by atoms with Crippen molar-refractivity contribution in [2.75, 3.05) is 19.7 Å². The van der Waals surface area contributed by atoms with Gasteiger partial charge in [0.2, 0.25) is 0 Å². The Kier molecular flexibility index (Phi) is 4.50. The summed E-state index contributed by atoms with van der Waals surface area (Å²) in [5, 5.41) is 8.59. The van der Waals surface area contributed by atoms with Gasteiger partial charge < -0.3 is 9.84 Å². The fourth-order valence-electron chi connectivity index (χ4n) is 2.02. The van der Waals surface area contributed by atoms with Crippen molar-refractivity contribution >= 4 is 5.97 Å². The van der Waals surface area contributed by atoms with Crippen LogP contribution in [0.5, 0.6) is 0 Å². The van der Waals surface area contributed by atoms with Crippen molar-refractivity contribution in [2.24, 2.45) is 0 Å². The highest BCUT2D eigenvalue weighted by Gasteiger charge is 2.18. The second kappa shape index (κ2) is 6.33. The number of benzene rings is 1. The summed E-state index contributed by atoms with van der Waals surface area (Å²) in [7, 11) is 0. The maximum atomic E-state index is 10.5. The van der Waals surface area contributed by atoms with Crippen molar-refractivity contribution in [3.05, 3.63) is 48.0 Å². The zero-order chi connectivity index (χ0) is 12.8. The highest BCUT2D eigenvalue weighted by molar-refractivity contribution is 5.79. The Morgan fingerprint density at radius 3 is 2.94 bits per heavy atom. The van der Waals surface area contributed by atoms with E-state index in [-0.39, 0.29) is 6.10 Å². The van der Waals surface area contributed by atoms with E-state index in [4.69, 9.17) is 9.84 Å². The van der Waals surface area contributed by atoms with Crippen molar-refractivity contribution in [2.45, 2.75) is 12.6 Å². The standard InChI is InChI=1S/C14H17NO3/c16-14(17)7-6-13-11-15(8-9-18-13)10-12-4-2-1-3-5-12/h1-7,13H,8-11H2,(H,16,17)/b7-6+. The quantitative estimate of drug-likeness (QED) is 0.820. The molecule has 1 aliphatic rings. The number of hydrogen-bond donors (Lipinski definition) is 1. The summed E-state index contributed by atoms with van der Waals surface area (Å²) in [4.78, 5) is 12.7. The van der Waals surface area contributed by atoms with Gasteiger partial charge in [-0.25, -0.2) is 4.79 Å². The average Bonchev–Trinajstić information content (AvgIpc) is 2.38. The number of nitrogens with zero attached hydrogens (tertiary/aromatic N) is 1. The van der Waals surface area contributed by atoms with Crippen molar-refractivity contribution in [1.82, 2.24) is 4.90 Å². The molecule has 1 fully saturated rings. The van der Waals surface area contributed by atoms with Crippen LogP contribution < -0.4 is 0 Å². The summed E-state index contributed by atoms with van der Waals surface area (Å²) in [5.74, 6) is -0.932. The van der Waals surface area contributed by atoms with Gasteiger partial charge in [0, 0.05) is 25.7 Å². The minimum Gasteiger partial charge on any atom is -0.478 e. The second-order valence-electron chi connectivity index (χ2n) is 4.33. The molecule has 0 radical (unpaired) electrons. The maximum Gasteiger partial charge on any atom is 0.328 e. The maximum absolute atomic E-state index is 10.5. The summed E-state index contributed by atoms with van der Waals surface area (Å²) in [6, 6.07) is 10.2. The molecule has 1 heterocycles. The van der Waals surface area contributed by atoms with E-state index in [9.17, 15) is 4.79 Å². The summed E-state index contributed by atoms with van der Waals surface area (Å²) in [6.45, 7) is 3.13. The molecule has 0 amide bonds. The van der Waals surface area contributed by atoms with Crippen LogP contribution in [0, 0.1) is 0 Å². The van der Waals surface area contributed by atoms with Crippen LogP contribution in [0.4, 0.5) is 0 Å². The van der Waals surface area contributed by atoms with Crippen LogP contribution in [-0.4, -0.2) is 41.8 Å². The molecule has 1 unspecified atom stereocenters. The third-order valence-corrected chi connectivity index (χ3v) is 2.88. The third kappa shape index (κ3) is 3.98. The highest BCUT2D eigenvalue weighted by Crippen LogP contribution is 2.11. The number of carboxylic acids is 1. The van der Waals surface area contributed by atoms with Gasteiger partial charge >= 0.3 is 5.97 Å². The molecule has 1 atom stereocenters. The Balaban J connectivity index is 1.89. The topological polar surface area (TPSA) is 49.8 Å². The summed E-state index contributed by atoms with van der Waals surface area (Å²) in [5.41, 5.74) is 1.26. The number of ether oxygens (including phenoxy) is 1. The smallest absolute Gasteiger partial charge is 0.328 e. The van der Waals surface area contributed by atoms with Gasteiger partial charge in [-0.3, -0.25) is 4.90 Å². The molecule has 0 aliphatic carbocycles. The molecule has 1 N–H and O–H groups in total. The fourth-order valence-corrected chi connectivity index (χ4v) is 2.02.